The Labute approximate surface area is 111 Å². The van der Waals surface area contributed by atoms with Gasteiger partial charge in [0.2, 0.25) is 0 Å². The molecule has 0 radical (unpaired) electrons. The van der Waals surface area contributed by atoms with Crippen LogP contribution in [0.4, 0.5) is 0 Å². The van der Waals surface area contributed by atoms with Crippen molar-refractivity contribution in [3.8, 4) is 0 Å². The molecule has 102 valence electrons. The molecule has 0 saturated heterocycles. The van der Waals surface area contributed by atoms with Gasteiger partial charge in [-0.2, -0.15) is 5.10 Å². The van der Waals surface area contributed by atoms with Gasteiger partial charge in [-0.05, 0) is 49.0 Å². The summed E-state index contributed by atoms with van der Waals surface area (Å²) >= 11 is 0. The molecule has 0 bridgehead atoms. The summed E-state index contributed by atoms with van der Waals surface area (Å²) in [6.07, 6.45) is 9.82. The van der Waals surface area contributed by atoms with E-state index in [4.69, 9.17) is 5.73 Å². The fourth-order valence-corrected chi connectivity index (χ4v) is 3.21. The summed E-state index contributed by atoms with van der Waals surface area (Å²) in [5.74, 6) is 0.822. The molecule has 18 heavy (non-hydrogen) atoms. The van der Waals surface area contributed by atoms with Gasteiger partial charge in [-0.15, -0.1) is 0 Å². The van der Waals surface area contributed by atoms with E-state index in [1.807, 2.05) is 17.9 Å². The zero-order valence-electron chi connectivity index (χ0n) is 12.2. The summed E-state index contributed by atoms with van der Waals surface area (Å²) in [6, 6.07) is 0. The summed E-state index contributed by atoms with van der Waals surface area (Å²) in [4.78, 5) is 0. The maximum absolute atomic E-state index is 6.57. The first-order valence-corrected chi connectivity index (χ1v) is 7.05. The molecule has 1 fully saturated rings. The van der Waals surface area contributed by atoms with Gasteiger partial charge in [-0.1, -0.05) is 20.8 Å². The van der Waals surface area contributed by atoms with E-state index in [1.165, 1.54) is 18.4 Å². The van der Waals surface area contributed by atoms with Gasteiger partial charge in [0, 0.05) is 18.8 Å². The van der Waals surface area contributed by atoms with Crippen LogP contribution >= 0.6 is 0 Å². The zero-order chi connectivity index (χ0) is 13.4. The number of hydrogen-bond acceptors (Lipinski definition) is 2. The highest BCUT2D eigenvalue weighted by atomic mass is 15.2. The molecule has 0 aliphatic heterocycles. The third-order valence-electron chi connectivity index (χ3n) is 4.52. The van der Waals surface area contributed by atoms with Crippen molar-refractivity contribution in [2.24, 2.45) is 24.1 Å². The molecule has 1 aromatic heterocycles. The number of hydrogen-bond donors (Lipinski definition) is 1. The van der Waals surface area contributed by atoms with Crippen LogP contribution in [0.1, 0.15) is 52.0 Å². The van der Waals surface area contributed by atoms with Crippen LogP contribution in [0.25, 0.3) is 0 Å². The van der Waals surface area contributed by atoms with E-state index in [0.717, 1.165) is 25.2 Å². The van der Waals surface area contributed by atoms with E-state index in [2.05, 4.69) is 32.1 Å². The minimum atomic E-state index is -0.00914. The van der Waals surface area contributed by atoms with Crippen molar-refractivity contribution < 1.29 is 0 Å². The maximum atomic E-state index is 6.57. The average Bonchev–Trinajstić information content (AvgIpc) is 2.62. The second-order valence-electron chi connectivity index (χ2n) is 7.20. The van der Waals surface area contributed by atoms with E-state index in [0.29, 0.717) is 5.41 Å². The van der Waals surface area contributed by atoms with Crippen molar-refractivity contribution in [3.05, 3.63) is 18.0 Å². The van der Waals surface area contributed by atoms with Gasteiger partial charge in [0.15, 0.2) is 0 Å². The Bertz CT molecular complexity index is 392. The van der Waals surface area contributed by atoms with Crippen LogP contribution in [-0.4, -0.2) is 15.3 Å². The Balaban J connectivity index is 1.95. The van der Waals surface area contributed by atoms with Crippen LogP contribution in [0.5, 0.6) is 0 Å². The SMILES string of the molecule is Cn1cc(CC2(N)CCC(C(C)(C)C)CC2)cn1. The van der Waals surface area contributed by atoms with Crippen LogP contribution in [0.2, 0.25) is 0 Å². The maximum Gasteiger partial charge on any atom is 0.0522 e. The van der Waals surface area contributed by atoms with Crippen molar-refractivity contribution in [1.82, 2.24) is 9.78 Å². The number of nitrogens with two attached hydrogens (primary N) is 1. The molecule has 2 N–H and O–H groups in total. The predicted octanol–water partition coefficient (Wildman–Crippen LogP) is 2.90. The Kier molecular flexibility index (Phi) is 3.54. The summed E-state index contributed by atoms with van der Waals surface area (Å²) in [5, 5.41) is 4.23. The Morgan fingerprint density at radius 3 is 2.44 bits per heavy atom. The fraction of sp³-hybridized carbons (Fsp3) is 0.800. The lowest BCUT2D eigenvalue weighted by Gasteiger charge is -2.42. The van der Waals surface area contributed by atoms with Gasteiger partial charge in [0.1, 0.15) is 0 Å². The molecule has 0 amide bonds. The summed E-state index contributed by atoms with van der Waals surface area (Å²) in [5.41, 5.74) is 8.26. The van der Waals surface area contributed by atoms with E-state index in [-0.39, 0.29) is 5.54 Å². The molecule has 3 nitrogen and oxygen atoms in total. The number of rotatable bonds is 2. The van der Waals surface area contributed by atoms with E-state index < -0.39 is 0 Å². The molecule has 1 aliphatic carbocycles. The van der Waals surface area contributed by atoms with E-state index in [1.54, 1.807) is 0 Å². The normalized spacial score (nSPS) is 29.5. The number of aryl methyl sites for hydroxylation is 1. The lowest BCUT2D eigenvalue weighted by atomic mass is 9.66. The van der Waals surface area contributed by atoms with Crippen molar-refractivity contribution >= 4 is 0 Å². The summed E-state index contributed by atoms with van der Waals surface area (Å²) in [6.45, 7) is 7.05. The van der Waals surface area contributed by atoms with Crippen LogP contribution in [-0.2, 0) is 13.5 Å². The standard InChI is InChI=1S/C15H27N3/c1-14(2,3)13-5-7-15(16,8-6-13)9-12-10-17-18(4)11-12/h10-11,13H,5-9,16H2,1-4H3. The Morgan fingerprint density at radius 2 is 2.00 bits per heavy atom. The molecule has 1 aliphatic rings. The van der Waals surface area contributed by atoms with Gasteiger partial charge in [0.05, 0.1) is 6.20 Å². The molecule has 1 aromatic rings. The summed E-state index contributed by atoms with van der Waals surface area (Å²) in [7, 11) is 1.96. The first-order chi connectivity index (χ1) is 8.28. The van der Waals surface area contributed by atoms with Crippen molar-refractivity contribution in [1.29, 1.82) is 0 Å². The largest absolute Gasteiger partial charge is 0.325 e. The highest BCUT2D eigenvalue weighted by Crippen LogP contribution is 2.41. The van der Waals surface area contributed by atoms with Gasteiger partial charge in [-0.3, -0.25) is 4.68 Å². The monoisotopic (exact) mass is 249 g/mol. The molecule has 2 rings (SSSR count). The average molecular weight is 249 g/mol. The number of nitrogens with zero attached hydrogens (tertiary/aromatic N) is 2. The predicted molar refractivity (Wildman–Crippen MR) is 75.2 cm³/mol. The van der Waals surface area contributed by atoms with Crippen molar-refractivity contribution in [2.45, 2.75) is 58.4 Å². The third-order valence-corrected chi connectivity index (χ3v) is 4.52. The van der Waals surface area contributed by atoms with Crippen LogP contribution in [0.15, 0.2) is 12.4 Å². The second-order valence-corrected chi connectivity index (χ2v) is 7.20. The number of aromatic nitrogens is 2. The molecule has 0 aromatic carbocycles. The lowest BCUT2D eigenvalue weighted by Crippen LogP contribution is -2.46. The minimum Gasteiger partial charge on any atom is -0.325 e. The zero-order valence-corrected chi connectivity index (χ0v) is 12.2. The highest BCUT2D eigenvalue weighted by molar-refractivity contribution is 5.10. The van der Waals surface area contributed by atoms with Crippen LogP contribution < -0.4 is 5.73 Å². The molecule has 0 unspecified atom stereocenters. The lowest BCUT2D eigenvalue weighted by molar-refractivity contribution is 0.134. The molecular weight excluding hydrogens is 222 g/mol. The highest BCUT2D eigenvalue weighted by Gasteiger charge is 2.36. The molecular formula is C15H27N3. The molecule has 0 atom stereocenters. The third kappa shape index (κ3) is 3.14. The van der Waals surface area contributed by atoms with E-state index >= 15 is 0 Å². The van der Waals surface area contributed by atoms with Gasteiger partial charge < -0.3 is 5.73 Å². The minimum absolute atomic E-state index is 0.00914. The van der Waals surface area contributed by atoms with Crippen molar-refractivity contribution in [3.63, 3.8) is 0 Å². The second kappa shape index (κ2) is 4.69. The fourth-order valence-electron chi connectivity index (χ4n) is 3.21. The van der Waals surface area contributed by atoms with Gasteiger partial charge in [0.25, 0.3) is 0 Å². The Hall–Kier alpha value is -0.830. The van der Waals surface area contributed by atoms with Crippen LogP contribution in [0, 0.1) is 11.3 Å². The quantitative estimate of drug-likeness (QED) is 0.876. The van der Waals surface area contributed by atoms with Crippen LogP contribution in [0.3, 0.4) is 0 Å². The smallest absolute Gasteiger partial charge is 0.0522 e. The van der Waals surface area contributed by atoms with Gasteiger partial charge in [-0.25, -0.2) is 0 Å². The molecule has 1 heterocycles. The van der Waals surface area contributed by atoms with Gasteiger partial charge >= 0.3 is 0 Å². The topological polar surface area (TPSA) is 43.8 Å². The Morgan fingerprint density at radius 1 is 1.39 bits per heavy atom. The van der Waals surface area contributed by atoms with Crippen molar-refractivity contribution in [2.75, 3.05) is 0 Å². The molecule has 3 heteroatoms. The van der Waals surface area contributed by atoms with E-state index in [9.17, 15) is 0 Å². The molecule has 0 spiro atoms. The molecule has 1 saturated carbocycles. The first kappa shape index (κ1) is 13.6. The first-order valence-electron chi connectivity index (χ1n) is 7.05. The summed E-state index contributed by atoms with van der Waals surface area (Å²) < 4.78 is 1.86.